The molecule has 0 saturated heterocycles. The highest BCUT2D eigenvalue weighted by Crippen LogP contribution is 2.42. The van der Waals surface area contributed by atoms with Crippen molar-refractivity contribution in [3.05, 3.63) is 34.4 Å². The van der Waals surface area contributed by atoms with Crippen LogP contribution >= 0.6 is 11.6 Å². The molecule has 1 rings (SSSR count). The highest BCUT2D eigenvalue weighted by molar-refractivity contribution is 6.30. The average Bonchev–Trinajstić information content (AvgIpc) is 2.63. The Labute approximate surface area is 194 Å². The van der Waals surface area contributed by atoms with E-state index in [4.69, 9.17) is 21.1 Å². The lowest BCUT2D eigenvalue weighted by molar-refractivity contribution is -0.133. The number of carboxylic acids is 1. The first-order chi connectivity index (χ1) is 14.6. The van der Waals surface area contributed by atoms with Crippen molar-refractivity contribution >= 4 is 35.1 Å². The van der Waals surface area contributed by atoms with E-state index in [-0.39, 0.29) is 18.7 Å². The third-order valence-electron chi connectivity index (χ3n) is 4.34. The fraction of sp³-hybridized carbons (Fsp3) is 0.522. The van der Waals surface area contributed by atoms with Crippen molar-refractivity contribution in [1.29, 1.82) is 0 Å². The highest BCUT2D eigenvalue weighted by Gasteiger charge is 2.30. The molecule has 0 heterocycles. The van der Waals surface area contributed by atoms with Gasteiger partial charge in [-0.15, -0.1) is 0 Å². The molecule has 0 spiro atoms. The lowest BCUT2D eigenvalue weighted by Gasteiger charge is -2.29. The number of ether oxygens (including phenoxy) is 2. The predicted molar refractivity (Wildman–Crippen MR) is 124 cm³/mol. The van der Waals surface area contributed by atoms with Crippen molar-refractivity contribution in [1.82, 2.24) is 10.2 Å². The predicted octanol–water partition coefficient (Wildman–Crippen LogP) is 4.22. The Bertz CT molecular complexity index is 897. The number of methoxy groups -OCH3 is 1. The first-order valence-corrected chi connectivity index (χ1v) is 10.5. The Hall–Kier alpha value is -2.74. The molecule has 32 heavy (non-hydrogen) atoms. The summed E-state index contributed by atoms with van der Waals surface area (Å²) in [5.41, 5.74) is -0.256. The molecule has 0 aliphatic carbocycles. The monoisotopic (exact) mass is 468 g/mol. The van der Waals surface area contributed by atoms with Crippen molar-refractivity contribution in [3.8, 4) is 5.75 Å². The number of nitrogens with zero attached hydrogens (tertiary/aromatic N) is 1. The third-order valence-corrected chi connectivity index (χ3v) is 4.58. The number of allylic oxidation sites excluding steroid dienone is 1. The molecule has 1 aromatic rings. The Morgan fingerprint density at radius 2 is 1.72 bits per heavy atom. The number of rotatable bonds is 7. The molecule has 2 amide bonds. The number of amides is 2. The Balaban J connectivity index is 3.28. The van der Waals surface area contributed by atoms with E-state index in [0.717, 1.165) is 0 Å². The topological polar surface area (TPSA) is 105 Å². The van der Waals surface area contributed by atoms with Crippen LogP contribution in [0.5, 0.6) is 5.75 Å². The fourth-order valence-electron chi connectivity index (χ4n) is 3.07. The normalized spacial score (nSPS) is 12.5. The van der Waals surface area contributed by atoms with Gasteiger partial charge in [0.2, 0.25) is 5.91 Å². The van der Waals surface area contributed by atoms with Gasteiger partial charge in [-0.1, -0.05) is 32.4 Å². The van der Waals surface area contributed by atoms with Crippen LogP contribution in [0.2, 0.25) is 5.02 Å². The van der Waals surface area contributed by atoms with E-state index in [1.165, 1.54) is 19.1 Å². The zero-order chi connectivity index (χ0) is 24.9. The lowest BCUT2D eigenvalue weighted by Crippen LogP contribution is -2.41. The molecule has 8 nitrogen and oxygen atoms in total. The summed E-state index contributed by atoms with van der Waals surface area (Å²) in [6.45, 7) is 10.2. The molecule has 0 bridgehead atoms. The average molecular weight is 469 g/mol. The number of hydrogen-bond acceptors (Lipinski definition) is 5. The summed E-state index contributed by atoms with van der Waals surface area (Å²) in [7, 11) is 2.96. The summed E-state index contributed by atoms with van der Waals surface area (Å²) in [6, 6.07) is 4.97. The number of carboxylic acid groups (broad SMARTS) is 1. The van der Waals surface area contributed by atoms with E-state index < -0.39 is 29.0 Å². The molecule has 0 radical (unpaired) electrons. The molecule has 0 unspecified atom stereocenters. The molecule has 0 aliphatic rings. The van der Waals surface area contributed by atoms with Crippen LogP contribution in [0.15, 0.2) is 23.8 Å². The van der Waals surface area contributed by atoms with E-state index in [0.29, 0.717) is 21.9 Å². The molecule has 1 aromatic carbocycles. The van der Waals surface area contributed by atoms with Gasteiger partial charge < -0.3 is 24.8 Å². The molecule has 178 valence electrons. The van der Waals surface area contributed by atoms with Gasteiger partial charge in [0, 0.05) is 17.6 Å². The molecule has 2 N–H and O–H groups in total. The maximum Gasteiger partial charge on any atom is 0.408 e. The van der Waals surface area contributed by atoms with Crippen molar-refractivity contribution in [3.63, 3.8) is 0 Å². The smallest absolute Gasteiger partial charge is 0.408 e. The van der Waals surface area contributed by atoms with E-state index in [9.17, 15) is 19.5 Å². The van der Waals surface area contributed by atoms with E-state index in [1.807, 2.05) is 20.8 Å². The molecular formula is C23H33ClN2O6. The van der Waals surface area contributed by atoms with Crippen molar-refractivity contribution in [2.45, 2.75) is 47.1 Å². The van der Waals surface area contributed by atoms with Crippen LogP contribution in [-0.4, -0.2) is 60.8 Å². The van der Waals surface area contributed by atoms with Crippen LogP contribution in [0.1, 0.15) is 47.1 Å². The number of halogens is 1. The van der Waals surface area contributed by atoms with Gasteiger partial charge in [0.15, 0.2) is 0 Å². The van der Waals surface area contributed by atoms with Gasteiger partial charge in [-0.2, -0.15) is 0 Å². The van der Waals surface area contributed by atoms with Crippen LogP contribution in [0.4, 0.5) is 4.79 Å². The molecule has 0 fully saturated rings. The number of alkyl carbamates (subject to hydrolysis) is 1. The third kappa shape index (κ3) is 8.07. The minimum atomic E-state index is -1.17. The van der Waals surface area contributed by atoms with Gasteiger partial charge in [0.1, 0.15) is 17.9 Å². The summed E-state index contributed by atoms with van der Waals surface area (Å²) in [5, 5.41) is 12.8. The first-order valence-electron chi connectivity index (χ1n) is 10.1. The lowest BCUT2D eigenvalue weighted by atomic mass is 9.78. The molecule has 0 aromatic heterocycles. The second kappa shape index (κ2) is 10.7. The standard InChI is InChI=1S/C23H33ClN2O6/c1-22(2,3)19(15-11-14(24)9-10-17(15)31-8)16(20(28)29)13-26(7)18(27)12-25-21(30)32-23(4,5)6/h9-11H,12-13H2,1-8H3,(H,25,30)(H,28,29)/b19-16-. The van der Waals surface area contributed by atoms with Crippen molar-refractivity contribution in [2.24, 2.45) is 5.41 Å². The number of hydrogen-bond donors (Lipinski definition) is 2. The zero-order valence-electron chi connectivity index (χ0n) is 20.0. The molecule has 0 aliphatic heterocycles. The van der Waals surface area contributed by atoms with Crippen LogP contribution in [0, 0.1) is 5.41 Å². The minimum absolute atomic E-state index is 0.0196. The molecule has 0 saturated carbocycles. The Kier molecular flexibility index (Phi) is 9.14. The Morgan fingerprint density at radius 3 is 2.19 bits per heavy atom. The van der Waals surface area contributed by atoms with Gasteiger partial charge in [-0.05, 0) is 50.0 Å². The minimum Gasteiger partial charge on any atom is -0.496 e. The van der Waals surface area contributed by atoms with Crippen molar-refractivity contribution < 1.29 is 29.0 Å². The maximum absolute atomic E-state index is 12.6. The molecular weight excluding hydrogens is 436 g/mol. The van der Waals surface area contributed by atoms with Gasteiger partial charge in [0.05, 0.1) is 19.2 Å². The van der Waals surface area contributed by atoms with Crippen LogP contribution in [0.3, 0.4) is 0 Å². The second-order valence-corrected chi connectivity index (χ2v) is 9.79. The summed E-state index contributed by atoms with van der Waals surface area (Å²) in [5.74, 6) is -1.17. The van der Waals surface area contributed by atoms with Crippen LogP contribution in [-0.2, 0) is 14.3 Å². The quantitative estimate of drug-likeness (QED) is 0.580. The number of likely N-dealkylation sites (N-methyl/N-ethyl adjacent to an activating group) is 1. The zero-order valence-corrected chi connectivity index (χ0v) is 20.7. The highest BCUT2D eigenvalue weighted by atomic mass is 35.5. The second-order valence-electron chi connectivity index (χ2n) is 9.36. The summed E-state index contributed by atoms with van der Waals surface area (Å²) < 4.78 is 10.5. The van der Waals surface area contributed by atoms with Crippen LogP contribution in [0.25, 0.3) is 5.57 Å². The summed E-state index contributed by atoms with van der Waals surface area (Å²) >= 11 is 6.18. The van der Waals surface area contributed by atoms with E-state index in [1.54, 1.807) is 39.0 Å². The molecule has 9 heteroatoms. The van der Waals surface area contributed by atoms with E-state index in [2.05, 4.69) is 5.32 Å². The number of carbonyl (C=O) groups is 3. The van der Waals surface area contributed by atoms with Crippen LogP contribution < -0.4 is 10.1 Å². The first kappa shape index (κ1) is 27.3. The number of carbonyl (C=O) groups excluding carboxylic acids is 2. The SMILES string of the molecule is COc1ccc(Cl)cc1/C(=C(\CN(C)C(=O)CNC(=O)OC(C)(C)C)C(=O)O)C(C)(C)C. The van der Waals surface area contributed by atoms with Gasteiger partial charge in [0.25, 0.3) is 0 Å². The molecule has 0 atom stereocenters. The van der Waals surface area contributed by atoms with Crippen molar-refractivity contribution in [2.75, 3.05) is 27.2 Å². The van der Waals surface area contributed by atoms with Gasteiger partial charge >= 0.3 is 12.1 Å². The Morgan fingerprint density at radius 1 is 1.12 bits per heavy atom. The van der Waals surface area contributed by atoms with Gasteiger partial charge in [-0.3, -0.25) is 4.79 Å². The number of nitrogens with one attached hydrogen (secondary N) is 1. The summed E-state index contributed by atoms with van der Waals surface area (Å²) in [4.78, 5) is 37.9. The van der Waals surface area contributed by atoms with E-state index >= 15 is 0 Å². The summed E-state index contributed by atoms with van der Waals surface area (Å²) in [6.07, 6.45) is -0.729. The largest absolute Gasteiger partial charge is 0.496 e. The maximum atomic E-state index is 12.6. The number of benzene rings is 1. The van der Waals surface area contributed by atoms with Gasteiger partial charge in [-0.25, -0.2) is 9.59 Å². The number of aliphatic carboxylic acids is 1. The fourth-order valence-corrected chi connectivity index (χ4v) is 3.24.